The normalized spacial score (nSPS) is 15.8. The second-order valence-electron chi connectivity index (χ2n) is 9.64. The van der Waals surface area contributed by atoms with Crippen LogP contribution >= 0.6 is 0 Å². The summed E-state index contributed by atoms with van der Waals surface area (Å²) in [5, 5.41) is 41.9. The van der Waals surface area contributed by atoms with E-state index < -0.39 is 23.7 Å². The first-order valence-corrected chi connectivity index (χ1v) is 13.4. The summed E-state index contributed by atoms with van der Waals surface area (Å²) in [5.41, 5.74) is 1.37. The van der Waals surface area contributed by atoms with Crippen LogP contribution in [0, 0.1) is 17.2 Å². The van der Waals surface area contributed by atoms with E-state index in [1.165, 1.54) is 29.7 Å². The number of aromatic nitrogens is 2. The lowest BCUT2D eigenvalue weighted by Gasteiger charge is -2.18. The number of aromatic hydroxyl groups is 1. The Hall–Kier alpha value is -6.48. The third-order valence-electron chi connectivity index (χ3n) is 6.76. The maximum atomic E-state index is 13.4. The molecule has 3 N–H and O–H groups in total. The SMILES string of the molecule is N#CC1C=NN(c2ncccn2)C1/N=N/c1c(O)c(C(=O)Nc2ccccc2)cc2cc(C(=O)Nc3ccccc3)ccc12. The van der Waals surface area contributed by atoms with Gasteiger partial charge in [0, 0.05) is 40.9 Å². The number of benzene rings is 4. The van der Waals surface area contributed by atoms with Crippen molar-refractivity contribution in [1.82, 2.24) is 9.97 Å². The summed E-state index contributed by atoms with van der Waals surface area (Å²) in [5.74, 6) is -1.95. The molecule has 44 heavy (non-hydrogen) atoms. The number of phenolic OH excluding ortho intramolecular Hbond substituents is 1. The number of azo groups is 1. The minimum absolute atomic E-state index is 0.0201. The summed E-state index contributed by atoms with van der Waals surface area (Å²) < 4.78 is 0. The highest BCUT2D eigenvalue weighted by atomic mass is 16.3. The smallest absolute Gasteiger partial charge is 0.259 e. The van der Waals surface area contributed by atoms with Crippen LogP contribution in [-0.2, 0) is 0 Å². The monoisotopic (exact) mass is 581 g/mol. The summed E-state index contributed by atoms with van der Waals surface area (Å²) in [7, 11) is 0. The topological polar surface area (TPSA) is 168 Å². The van der Waals surface area contributed by atoms with E-state index in [2.05, 4.69) is 42.0 Å². The fourth-order valence-corrected chi connectivity index (χ4v) is 4.60. The Morgan fingerprint density at radius 1 is 0.864 bits per heavy atom. The average Bonchev–Trinajstić information content (AvgIpc) is 3.48. The highest BCUT2D eigenvalue weighted by molar-refractivity contribution is 6.13. The van der Waals surface area contributed by atoms with Gasteiger partial charge in [-0.15, -0.1) is 5.11 Å². The molecule has 1 aliphatic heterocycles. The number of phenols is 1. The summed E-state index contributed by atoms with van der Waals surface area (Å²) in [4.78, 5) is 34.8. The molecule has 1 aliphatic rings. The van der Waals surface area contributed by atoms with Gasteiger partial charge in [0.15, 0.2) is 11.9 Å². The number of hydrazone groups is 1. The van der Waals surface area contributed by atoms with Gasteiger partial charge in [-0.25, -0.2) is 15.0 Å². The first kappa shape index (κ1) is 27.7. The van der Waals surface area contributed by atoms with E-state index in [9.17, 15) is 20.0 Å². The second-order valence-corrected chi connectivity index (χ2v) is 9.64. The average molecular weight is 582 g/mol. The molecule has 2 atom stereocenters. The molecule has 0 saturated heterocycles. The lowest BCUT2D eigenvalue weighted by molar-refractivity contribution is 0.101. The Morgan fingerprint density at radius 3 is 2.18 bits per heavy atom. The van der Waals surface area contributed by atoms with E-state index in [1.807, 2.05) is 24.3 Å². The van der Waals surface area contributed by atoms with Crippen LogP contribution in [0.1, 0.15) is 20.7 Å². The van der Waals surface area contributed by atoms with Gasteiger partial charge in [0.2, 0.25) is 5.95 Å². The molecule has 0 fully saturated rings. The van der Waals surface area contributed by atoms with Crippen LogP contribution in [0.3, 0.4) is 0 Å². The van der Waals surface area contributed by atoms with Crippen molar-refractivity contribution in [2.75, 3.05) is 15.6 Å². The third-order valence-corrected chi connectivity index (χ3v) is 6.76. The number of rotatable bonds is 7. The molecule has 5 aromatic rings. The number of para-hydroxylation sites is 2. The zero-order valence-electron chi connectivity index (χ0n) is 22.9. The van der Waals surface area contributed by atoms with Crippen molar-refractivity contribution in [1.29, 1.82) is 5.26 Å². The van der Waals surface area contributed by atoms with E-state index in [4.69, 9.17) is 0 Å². The Kier molecular flexibility index (Phi) is 7.66. The van der Waals surface area contributed by atoms with Gasteiger partial charge in [-0.1, -0.05) is 42.5 Å². The number of carbonyl (C=O) groups is 2. The molecule has 4 aromatic carbocycles. The van der Waals surface area contributed by atoms with Crippen LogP contribution in [0.4, 0.5) is 23.0 Å². The van der Waals surface area contributed by atoms with Crippen LogP contribution in [0.15, 0.2) is 119 Å². The van der Waals surface area contributed by atoms with E-state index >= 15 is 0 Å². The first-order valence-electron chi connectivity index (χ1n) is 13.4. The number of anilines is 3. The van der Waals surface area contributed by atoms with Crippen molar-refractivity contribution in [3.05, 3.63) is 115 Å². The minimum atomic E-state index is -0.936. The molecular formula is C32H23N9O3. The highest BCUT2D eigenvalue weighted by Gasteiger charge is 2.34. The number of hydrogen-bond acceptors (Lipinski definition) is 10. The van der Waals surface area contributed by atoms with Crippen LogP contribution in [-0.4, -0.2) is 39.3 Å². The highest BCUT2D eigenvalue weighted by Crippen LogP contribution is 2.40. The van der Waals surface area contributed by atoms with Crippen molar-refractivity contribution < 1.29 is 14.7 Å². The zero-order valence-corrected chi connectivity index (χ0v) is 22.9. The number of nitrogens with one attached hydrogen (secondary N) is 2. The largest absolute Gasteiger partial charge is 0.505 e. The van der Waals surface area contributed by atoms with Gasteiger partial charge < -0.3 is 15.7 Å². The standard InChI is InChI=1S/C32H23N9O3/c33-18-22-19-36-41(32-34-14-7-15-35-32)29(22)40-39-27-25-13-12-20(30(43)37-23-8-3-1-4-9-23)16-21(25)17-26(28(27)42)31(44)38-24-10-5-2-6-11-24/h1-17,19,22,29,42H,(H,37,43)(H,38,44)/b40-39+. The molecule has 12 heteroatoms. The number of amides is 2. The molecule has 214 valence electrons. The molecule has 2 heterocycles. The zero-order chi connectivity index (χ0) is 30.5. The summed E-state index contributed by atoms with van der Waals surface area (Å²) in [6.45, 7) is 0. The Morgan fingerprint density at radius 2 is 1.52 bits per heavy atom. The first-order chi connectivity index (χ1) is 21.5. The predicted octanol–water partition coefficient (Wildman–Crippen LogP) is 5.90. The number of carbonyl (C=O) groups excluding carboxylic acids is 2. The molecular weight excluding hydrogens is 558 g/mol. The summed E-state index contributed by atoms with van der Waals surface area (Å²) >= 11 is 0. The van der Waals surface area contributed by atoms with Crippen LogP contribution in [0.2, 0.25) is 0 Å². The van der Waals surface area contributed by atoms with Gasteiger partial charge in [0.25, 0.3) is 11.8 Å². The number of nitriles is 1. The van der Waals surface area contributed by atoms with Crippen molar-refractivity contribution >= 4 is 51.8 Å². The molecule has 1 aromatic heterocycles. The number of fused-ring (bicyclic) bond motifs is 1. The van der Waals surface area contributed by atoms with Gasteiger partial charge in [-0.2, -0.15) is 15.5 Å². The molecule has 0 aliphatic carbocycles. The Bertz CT molecular complexity index is 1940. The van der Waals surface area contributed by atoms with Gasteiger partial charge in [0.05, 0.1) is 11.6 Å². The Balaban J connectivity index is 1.42. The van der Waals surface area contributed by atoms with E-state index in [1.54, 1.807) is 60.7 Å². The molecule has 0 radical (unpaired) electrons. The molecule has 0 bridgehead atoms. The number of hydrogen-bond donors (Lipinski definition) is 3. The molecule has 6 rings (SSSR count). The van der Waals surface area contributed by atoms with Crippen molar-refractivity contribution in [3.63, 3.8) is 0 Å². The fourth-order valence-electron chi connectivity index (χ4n) is 4.60. The molecule has 2 amide bonds. The predicted molar refractivity (Wildman–Crippen MR) is 165 cm³/mol. The third kappa shape index (κ3) is 5.65. The molecule has 0 saturated carbocycles. The summed E-state index contributed by atoms with van der Waals surface area (Å²) in [6, 6.07) is 27.9. The van der Waals surface area contributed by atoms with Gasteiger partial charge in [0.1, 0.15) is 11.6 Å². The van der Waals surface area contributed by atoms with Crippen molar-refractivity contribution in [2.24, 2.45) is 21.2 Å². The van der Waals surface area contributed by atoms with Gasteiger partial charge >= 0.3 is 0 Å². The second kappa shape index (κ2) is 12.2. The maximum Gasteiger partial charge on any atom is 0.259 e. The molecule has 2 unspecified atom stereocenters. The number of nitrogens with zero attached hydrogens (tertiary/aromatic N) is 7. The van der Waals surface area contributed by atoms with Crippen molar-refractivity contribution in [3.8, 4) is 11.8 Å². The van der Waals surface area contributed by atoms with Crippen molar-refractivity contribution in [2.45, 2.75) is 6.17 Å². The summed E-state index contributed by atoms with van der Waals surface area (Å²) in [6.07, 6.45) is 3.55. The van der Waals surface area contributed by atoms with Gasteiger partial charge in [-0.05, 0) is 53.9 Å². The van der Waals surface area contributed by atoms with E-state index in [0.29, 0.717) is 27.7 Å². The van der Waals surface area contributed by atoms with E-state index in [0.717, 1.165) is 0 Å². The lowest BCUT2D eigenvalue weighted by atomic mass is 10.00. The Labute approximate surface area is 251 Å². The van der Waals surface area contributed by atoms with E-state index in [-0.39, 0.29) is 23.1 Å². The van der Waals surface area contributed by atoms with Crippen LogP contribution < -0.4 is 15.6 Å². The molecule has 0 spiro atoms. The fraction of sp³-hybridized carbons (Fsp3) is 0.0625. The quantitative estimate of drug-likeness (QED) is 0.201. The lowest BCUT2D eigenvalue weighted by Crippen LogP contribution is -2.30. The maximum absolute atomic E-state index is 13.4. The van der Waals surface area contributed by atoms with Crippen LogP contribution in [0.25, 0.3) is 10.8 Å². The minimum Gasteiger partial charge on any atom is -0.505 e. The molecule has 12 nitrogen and oxygen atoms in total. The van der Waals surface area contributed by atoms with Crippen LogP contribution in [0.5, 0.6) is 5.75 Å². The van der Waals surface area contributed by atoms with Gasteiger partial charge in [-0.3, -0.25) is 9.59 Å².